The fraction of sp³-hybridized carbons (Fsp3) is 0.600. The van der Waals surface area contributed by atoms with Crippen LogP contribution in [0.2, 0.25) is 0 Å². The summed E-state index contributed by atoms with van der Waals surface area (Å²) in [5.74, 6) is 0. The molecule has 1 aromatic heterocycles. The molecule has 2 rings (SSSR count). The van der Waals surface area contributed by atoms with Crippen molar-refractivity contribution >= 4 is 53.2 Å². The highest BCUT2D eigenvalue weighted by Gasteiger charge is 2.36. The zero-order chi connectivity index (χ0) is 13.3. The largest absolute Gasteiger partial charge is 0.374 e. The number of halogens is 2. The molecule has 4 nitrogen and oxygen atoms in total. The van der Waals surface area contributed by atoms with Gasteiger partial charge in [0.1, 0.15) is 4.21 Å². The molecule has 2 unspecified atom stereocenters. The first-order chi connectivity index (χ1) is 8.46. The molecule has 0 saturated carbocycles. The Morgan fingerprint density at radius 2 is 2.33 bits per heavy atom. The van der Waals surface area contributed by atoms with Gasteiger partial charge in [0, 0.05) is 22.4 Å². The van der Waals surface area contributed by atoms with E-state index in [-0.39, 0.29) is 12.1 Å². The van der Waals surface area contributed by atoms with Crippen LogP contribution in [0.15, 0.2) is 20.1 Å². The molecule has 0 N–H and O–H groups in total. The van der Waals surface area contributed by atoms with Crippen LogP contribution in [0.5, 0.6) is 0 Å². The molecule has 2 atom stereocenters. The van der Waals surface area contributed by atoms with Crippen molar-refractivity contribution in [1.29, 1.82) is 0 Å². The average molecular weight is 419 g/mol. The fourth-order valence-corrected chi connectivity index (χ4v) is 6.26. The molecule has 8 heteroatoms. The molecule has 1 aromatic rings. The van der Waals surface area contributed by atoms with E-state index < -0.39 is 10.0 Å². The molecule has 102 valence electrons. The van der Waals surface area contributed by atoms with Crippen LogP contribution in [0.3, 0.4) is 0 Å². The Labute approximate surface area is 128 Å². The molecule has 0 bridgehead atoms. The van der Waals surface area contributed by atoms with Crippen LogP contribution in [0.4, 0.5) is 0 Å². The number of morpholine rings is 1. The maximum atomic E-state index is 12.6. The van der Waals surface area contributed by atoms with Gasteiger partial charge in [0.15, 0.2) is 0 Å². The number of hydrogen-bond acceptors (Lipinski definition) is 4. The molecular formula is C10H13Br2NO3S2. The van der Waals surface area contributed by atoms with Crippen molar-refractivity contribution in [3.8, 4) is 0 Å². The van der Waals surface area contributed by atoms with E-state index in [9.17, 15) is 8.42 Å². The van der Waals surface area contributed by atoms with Gasteiger partial charge in [-0.05, 0) is 34.3 Å². The second kappa shape index (κ2) is 5.88. The lowest BCUT2D eigenvalue weighted by Crippen LogP contribution is -2.51. The summed E-state index contributed by atoms with van der Waals surface area (Å²) < 4.78 is 33.2. The molecule has 1 aliphatic heterocycles. The summed E-state index contributed by atoms with van der Waals surface area (Å²) in [6.07, 6.45) is -0.0882. The first-order valence-electron chi connectivity index (χ1n) is 5.39. The van der Waals surface area contributed by atoms with Gasteiger partial charge in [-0.15, -0.1) is 11.3 Å². The summed E-state index contributed by atoms with van der Waals surface area (Å²) in [5.41, 5.74) is 0. The van der Waals surface area contributed by atoms with Gasteiger partial charge in [0.05, 0.1) is 12.7 Å². The van der Waals surface area contributed by atoms with Gasteiger partial charge in [-0.3, -0.25) is 0 Å². The Morgan fingerprint density at radius 1 is 1.61 bits per heavy atom. The van der Waals surface area contributed by atoms with Gasteiger partial charge in [0.25, 0.3) is 10.0 Å². The quantitative estimate of drug-likeness (QED) is 0.709. The summed E-state index contributed by atoms with van der Waals surface area (Å²) in [4.78, 5) is 0. The number of sulfonamides is 1. The van der Waals surface area contributed by atoms with Crippen molar-refractivity contribution in [1.82, 2.24) is 4.31 Å². The normalized spacial score (nSPS) is 26.4. The number of hydrogen-bond donors (Lipinski definition) is 0. The molecule has 1 fully saturated rings. The predicted molar refractivity (Wildman–Crippen MR) is 78.9 cm³/mol. The molecular weight excluding hydrogens is 406 g/mol. The average Bonchev–Trinajstić information content (AvgIpc) is 2.76. The minimum Gasteiger partial charge on any atom is -0.374 e. The summed E-state index contributed by atoms with van der Waals surface area (Å²) in [7, 11) is -3.44. The van der Waals surface area contributed by atoms with Crippen LogP contribution >= 0.6 is 43.2 Å². The topological polar surface area (TPSA) is 46.6 Å². The minimum absolute atomic E-state index is 0.0882. The van der Waals surface area contributed by atoms with Crippen LogP contribution in [0.25, 0.3) is 0 Å². The molecule has 0 aromatic carbocycles. The van der Waals surface area contributed by atoms with Gasteiger partial charge in [-0.25, -0.2) is 8.42 Å². The standard InChI is InChI=1S/C10H13Br2NO3S2/c1-7-6-16-8(4-11)5-13(7)18(14,15)10-9(12)2-3-17-10/h2-3,7-8H,4-6H2,1H3. The van der Waals surface area contributed by atoms with E-state index >= 15 is 0 Å². The van der Waals surface area contributed by atoms with Crippen LogP contribution < -0.4 is 0 Å². The zero-order valence-corrected chi connectivity index (χ0v) is 14.5. The maximum absolute atomic E-state index is 12.6. The Bertz CT molecular complexity index is 517. The SMILES string of the molecule is CC1COC(CBr)CN1S(=O)(=O)c1sccc1Br. The lowest BCUT2D eigenvalue weighted by Gasteiger charge is -2.36. The van der Waals surface area contributed by atoms with E-state index in [1.807, 2.05) is 6.92 Å². The molecule has 0 radical (unpaired) electrons. The van der Waals surface area contributed by atoms with Crippen LogP contribution in [0.1, 0.15) is 6.92 Å². The van der Waals surface area contributed by atoms with E-state index in [0.29, 0.717) is 27.2 Å². The Hall–Kier alpha value is 0.530. The highest BCUT2D eigenvalue weighted by atomic mass is 79.9. The molecule has 0 amide bonds. The third kappa shape index (κ3) is 2.83. The second-order valence-electron chi connectivity index (χ2n) is 4.09. The van der Waals surface area contributed by atoms with E-state index in [1.165, 1.54) is 15.6 Å². The van der Waals surface area contributed by atoms with E-state index in [0.717, 1.165) is 0 Å². The van der Waals surface area contributed by atoms with Crippen LogP contribution in [0, 0.1) is 0 Å². The third-order valence-electron chi connectivity index (χ3n) is 2.75. The van der Waals surface area contributed by atoms with Crippen molar-refractivity contribution in [2.45, 2.75) is 23.3 Å². The fourth-order valence-electron chi connectivity index (χ4n) is 1.79. The molecule has 2 heterocycles. The molecule has 1 aliphatic rings. The van der Waals surface area contributed by atoms with Crippen LogP contribution in [-0.4, -0.2) is 43.4 Å². The first-order valence-corrected chi connectivity index (χ1v) is 9.62. The van der Waals surface area contributed by atoms with Crippen molar-refractivity contribution in [3.63, 3.8) is 0 Å². The van der Waals surface area contributed by atoms with Gasteiger partial charge in [-0.2, -0.15) is 4.31 Å². The number of alkyl halides is 1. The van der Waals surface area contributed by atoms with Crippen molar-refractivity contribution < 1.29 is 13.2 Å². The van der Waals surface area contributed by atoms with E-state index in [1.54, 1.807) is 11.4 Å². The number of thiophene rings is 1. The van der Waals surface area contributed by atoms with Crippen molar-refractivity contribution in [3.05, 3.63) is 15.9 Å². The lowest BCUT2D eigenvalue weighted by atomic mass is 10.2. The maximum Gasteiger partial charge on any atom is 0.254 e. The van der Waals surface area contributed by atoms with Gasteiger partial charge in [0.2, 0.25) is 0 Å². The van der Waals surface area contributed by atoms with Gasteiger partial charge >= 0.3 is 0 Å². The Kier molecular flexibility index (Phi) is 4.88. The Morgan fingerprint density at radius 3 is 2.89 bits per heavy atom. The molecule has 0 aliphatic carbocycles. The first kappa shape index (κ1) is 14.9. The lowest BCUT2D eigenvalue weighted by molar-refractivity contribution is -0.0138. The summed E-state index contributed by atoms with van der Waals surface area (Å²) >= 11 is 7.85. The Balaban J connectivity index is 2.31. The molecule has 1 saturated heterocycles. The smallest absolute Gasteiger partial charge is 0.254 e. The van der Waals surface area contributed by atoms with Crippen LogP contribution in [-0.2, 0) is 14.8 Å². The zero-order valence-electron chi connectivity index (χ0n) is 9.68. The number of rotatable bonds is 3. The van der Waals surface area contributed by atoms with Gasteiger partial charge in [-0.1, -0.05) is 15.9 Å². The number of ether oxygens (including phenoxy) is 1. The highest BCUT2D eigenvalue weighted by molar-refractivity contribution is 9.10. The van der Waals surface area contributed by atoms with E-state index in [2.05, 4.69) is 31.9 Å². The molecule has 18 heavy (non-hydrogen) atoms. The van der Waals surface area contributed by atoms with Crippen molar-refractivity contribution in [2.75, 3.05) is 18.5 Å². The summed E-state index contributed by atoms with van der Waals surface area (Å²) in [6, 6.07) is 1.62. The van der Waals surface area contributed by atoms with Gasteiger partial charge < -0.3 is 4.74 Å². The second-order valence-corrected chi connectivity index (χ2v) is 8.59. The predicted octanol–water partition coefficient (Wildman–Crippen LogP) is 2.68. The number of nitrogens with zero attached hydrogens (tertiary/aromatic N) is 1. The molecule has 0 spiro atoms. The highest BCUT2D eigenvalue weighted by Crippen LogP contribution is 2.32. The van der Waals surface area contributed by atoms with Crippen molar-refractivity contribution in [2.24, 2.45) is 0 Å². The monoisotopic (exact) mass is 417 g/mol. The van der Waals surface area contributed by atoms with E-state index in [4.69, 9.17) is 4.74 Å². The summed E-state index contributed by atoms with van der Waals surface area (Å²) in [5, 5.41) is 2.40. The third-order valence-corrected chi connectivity index (χ3v) is 8.10. The summed E-state index contributed by atoms with van der Waals surface area (Å²) in [6.45, 7) is 2.68. The minimum atomic E-state index is -3.44.